The monoisotopic (exact) mass is 279 g/mol. The van der Waals surface area contributed by atoms with E-state index in [4.69, 9.17) is 5.11 Å². The van der Waals surface area contributed by atoms with Crippen LogP contribution in [-0.2, 0) is 17.2 Å². The average Bonchev–Trinajstić information content (AvgIpc) is 2.92. The molecule has 1 aromatic rings. The topological polar surface area (TPSA) is 49.3 Å². The normalized spacial score (nSPS) is 15.6. The van der Waals surface area contributed by atoms with Crippen LogP contribution in [0, 0.1) is 0 Å². The first-order chi connectivity index (χ1) is 9.28. The summed E-state index contributed by atoms with van der Waals surface area (Å²) in [6.45, 7) is 0.0806. The fourth-order valence-corrected chi connectivity index (χ4v) is 3.14. The van der Waals surface area contributed by atoms with Gasteiger partial charge in [0.25, 0.3) is 0 Å². The number of aliphatic hydroxyl groups excluding tert-OH is 1. The summed E-state index contributed by atoms with van der Waals surface area (Å²) in [5.41, 5.74) is 2.11. The van der Waals surface area contributed by atoms with Crippen LogP contribution in [0.15, 0.2) is 24.3 Å². The Balaban J connectivity index is 1.65. The molecule has 4 heteroatoms. The van der Waals surface area contributed by atoms with Gasteiger partial charge in [-0.05, 0) is 24.0 Å². The zero-order valence-corrected chi connectivity index (χ0v) is 11.9. The number of rotatable bonds is 6. The summed E-state index contributed by atoms with van der Waals surface area (Å²) in [5, 5.41) is 12.0. The van der Waals surface area contributed by atoms with Crippen LogP contribution in [-0.4, -0.2) is 22.8 Å². The highest BCUT2D eigenvalue weighted by Crippen LogP contribution is 2.18. The first-order valence-corrected chi connectivity index (χ1v) is 7.99. The summed E-state index contributed by atoms with van der Waals surface area (Å²) < 4.78 is 0. The molecular weight excluding hydrogens is 258 g/mol. The molecule has 0 bridgehead atoms. The molecule has 2 rings (SSSR count). The van der Waals surface area contributed by atoms with Gasteiger partial charge in [-0.2, -0.15) is 0 Å². The minimum Gasteiger partial charge on any atom is -0.392 e. The molecule has 0 aromatic heterocycles. The van der Waals surface area contributed by atoms with Crippen molar-refractivity contribution in [3.05, 3.63) is 35.4 Å². The van der Waals surface area contributed by atoms with Gasteiger partial charge in [0.15, 0.2) is 0 Å². The van der Waals surface area contributed by atoms with Gasteiger partial charge in [-0.25, -0.2) is 0 Å². The van der Waals surface area contributed by atoms with Crippen LogP contribution in [0.1, 0.15) is 36.8 Å². The van der Waals surface area contributed by atoms with Gasteiger partial charge in [0.05, 0.1) is 12.4 Å². The second-order valence-electron chi connectivity index (χ2n) is 5.02. The molecule has 0 atom stereocenters. The standard InChI is InChI=1S/C15H21NO2S/c17-9-12-5-7-13(8-6-12)10-19-11-15(18)16-14-3-1-2-4-14/h5-8,14,17H,1-4,9-11H2,(H,16,18). The van der Waals surface area contributed by atoms with Gasteiger partial charge in [0.1, 0.15) is 0 Å². The maximum atomic E-state index is 11.7. The third-order valence-electron chi connectivity index (χ3n) is 3.43. The number of hydrogen-bond donors (Lipinski definition) is 2. The second-order valence-corrected chi connectivity index (χ2v) is 6.00. The van der Waals surface area contributed by atoms with E-state index < -0.39 is 0 Å². The summed E-state index contributed by atoms with van der Waals surface area (Å²) in [5.74, 6) is 1.52. The fraction of sp³-hybridized carbons (Fsp3) is 0.533. The number of amides is 1. The van der Waals surface area contributed by atoms with Gasteiger partial charge in [0.2, 0.25) is 5.91 Å². The molecule has 0 radical (unpaired) electrons. The average molecular weight is 279 g/mol. The maximum Gasteiger partial charge on any atom is 0.230 e. The van der Waals surface area contributed by atoms with Gasteiger partial charge in [0, 0.05) is 11.8 Å². The predicted octanol–water partition coefficient (Wildman–Crippen LogP) is 2.47. The lowest BCUT2D eigenvalue weighted by Crippen LogP contribution is -2.33. The lowest BCUT2D eigenvalue weighted by Gasteiger charge is -2.11. The molecule has 0 unspecified atom stereocenters. The first-order valence-electron chi connectivity index (χ1n) is 6.83. The largest absolute Gasteiger partial charge is 0.392 e. The van der Waals surface area contributed by atoms with Crippen molar-refractivity contribution in [2.75, 3.05) is 5.75 Å². The zero-order valence-electron chi connectivity index (χ0n) is 11.1. The fourth-order valence-electron chi connectivity index (χ4n) is 2.34. The molecule has 0 spiro atoms. The SMILES string of the molecule is O=C(CSCc1ccc(CO)cc1)NC1CCCC1. The smallest absolute Gasteiger partial charge is 0.230 e. The highest BCUT2D eigenvalue weighted by molar-refractivity contribution is 7.99. The Hall–Kier alpha value is -1.00. The predicted molar refractivity (Wildman–Crippen MR) is 78.9 cm³/mol. The molecule has 0 saturated heterocycles. The van der Waals surface area contributed by atoms with Crippen molar-refractivity contribution in [2.45, 2.75) is 44.1 Å². The molecule has 0 heterocycles. The van der Waals surface area contributed by atoms with E-state index in [9.17, 15) is 4.79 Å². The molecule has 1 aromatic carbocycles. The molecule has 1 fully saturated rings. The van der Waals surface area contributed by atoms with Gasteiger partial charge in [-0.3, -0.25) is 4.79 Å². The third kappa shape index (κ3) is 4.88. The molecular formula is C15H21NO2S. The van der Waals surface area contributed by atoms with Gasteiger partial charge >= 0.3 is 0 Å². The van der Waals surface area contributed by atoms with Crippen molar-refractivity contribution in [2.24, 2.45) is 0 Å². The molecule has 1 amide bonds. The van der Waals surface area contributed by atoms with E-state index in [1.165, 1.54) is 18.4 Å². The zero-order chi connectivity index (χ0) is 13.5. The Bertz CT molecular complexity index is 399. The van der Waals surface area contributed by atoms with Crippen molar-refractivity contribution in [1.82, 2.24) is 5.32 Å². The number of aliphatic hydroxyl groups is 1. The Morgan fingerprint density at radius 2 is 1.84 bits per heavy atom. The van der Waals surface area contributed by atoms with E-state index in [1.807, 2.05) is 24.3 Å². The lowest BCUT2D eigenvalue weighted by atomic mass is 10.2. The highest BCUT2D eigenvalue weighted by Gasteiger charge is 2.16. The van der Waals surface area contributed by atoms with Crippen LogP contribution >= 0.6 is 11.8 Å². The molecule has 1 aliphatic rings. The van der Waals surface area contributed by atoms with E-state index in [0.29, 0.717) is 11.8 Å². The Morgan fingerprint density at radius 3 is 2.47 bits per heavy atom. The molecule has 3 nitrogen and oxygen atoms in total. The van der Waals surface area contributed by atoms with Gasteiger partial charge < -0.3 is 10.4 Å². The first kappa shape index (κ1) is 14.4. The Kier molecular flexibility index (Phi) is 5.73. The number of hydrogen-bond acceptors (Lipinski definition) is 3. The third-order valence-corrected chi connectivity index (χ3v) is 4.43. The van der Waals surface area contributed by atoms with Crippen LogP contribution < -0.4 is 5.32 Å². The van der Waals surface area contributed by atoms with E-state index in [1.54, 1.807) is 11.8 Å². The quantitative estimate of drug-likeness (QED) is 0.841. The van der Waals surface area contributed by atoms with Crippen molar-refractivity contribution in [3.63, 3.8) is 0 Å². The summed E-state index contributed by atoms with van der Waals surface area (Å²) in [4.78, 5) is 11.7. The van der Waals surface area contributed by atoms with Crippen molar-refractivity contribution in [3.8, 4) is 0 Å². The van der Waals surface area contributed by atoms with Crippen molar-refractivity contribution < 1.29 is 9.90 Å². The van der Waals surface area contributed by atoms with E-state index in [-0.39, 0.29) is 12.5 Å². The molecule has 1 saturated carbocycles. The Labute approximate surface area is 118 Å². The minimum atomic E-state index is 0.0806. The molecule has 1 aliphatic carbocycles. The van der Waals surface area contributed by atoms with E-state index >= 15 is 0 Å². The number of benzene rings is 1. The summed E-state index contributed by atoms with van der Waals surface area (Å²) >= 11 is 1.64. The highest BCUT2D eigenvalue weighted by atomic mass is 32.2. The van der Waals surface area contributed by atoms with Crippen LogP contribution in [0.3, 0.4) is 0 Å². The number of carbonyl (C=O) groups is 1. The number of nitrogens with one attached hydrogen (secondary N) is 1. The van der Waals surface area contributed by atoms with Crippen molar-refractivity contribution >= 4 is 17.7 Å². The summed E-state index contributed by atoms with van der Waals surface area (Å²) in [7, 11) is 0. The summed E-state index contributed by atoms with van der Waals surface area (Å²) in [6.07, 6.45) is 4.77. The van der Waals surface area contributed by atoms with E-state index in [2.05, 4.69) is 5.32 Å². The lowest BCUT2D eigenvalue weighted by molar-refractivity contribution is -0.119. The second kappa shape index (κ2) is 7.56. The summed E-state index contributed by atoms with van der Waals surface area (Å²) in [6, 6.07) is 8.28. The van der Waals surface area contributed by atoms with Gasteiger partial charge in [-0.15, -0.1) is 11.8 Å². The minimum absolute atomic E-state index is 0.0806. The number of carbonyl (C=O) groups excluding carboxylic acids is 1. The van der Waals surface area contributed by atoms with Gasteiger partial charge in [-0.1, -0.05) is 37.1 Å². The maximum absolute atomic E-state index is 11.7. The molecule has 2 N–H and O–H groups in total. The van der Waals surface area contributed by atoms with Crippen LogP contribution in [0.25, 0.3) is 0 Å². The van der Waals surface area contributed by atoms with Crippen LogP contribution in [0.5, 0.6) is 0 Å². The van der Waals surface area contributed by atoms with E-state index in [0.717, 1.165) is 24.2 Å². The van der Waals surface area contributed by atoms with Crippen molar-refractivity contribution in [1.29, 1.82) is 0 Å². The van der Waals surface area contributed by atoms with Crippen LogP contribution in [0.2, 0.25) is 0 Å². The molecule has 104 valence electrons. The molecule has 0 aliphatic heterocycles. The van der Waals surface area contributed by atoms with Crippen LogP contribution in [0.4, 0.5) is 0 Å². The number of thioether (sulfide) groups is 1. The Morgan fingerprint density at radius 1 is 1.21 bits per heavy atom. The molecule has 19 heavy (non-hydrogen) atoms.